The number of nitrogens with zero attached hydrogens (tertiary/aromatic N) is 1. The zero-order chi connectivity index (χ0) is 16.8. The van der Waals surface area contributed by atoms with Crippen molar-refractivity contribution in [1.82, 2.24) is 4.90 Å². The number of hydrogen-bond acceptors (Lipinski definition) is 4. The van der Waals surface area contributed by atoms with Crippen LogP contribution in [0.15, 0.2) is 18.2 Å². The van der Waals surface area contributed by atoms with Crippen LogP contribution in [0.4, 0.5) is 5.69 Å². The monoisotopic (exact) mass is 320 g/mol. The number of piperidine rings is 1. The Hall–Kier alpha value is -1.59. The number of aliphatic hydroxyl groups is 1. The summed E-state index contributed by atoms with van der Waals surface area (Å²) in [5.74, 6) is 0.904. The highest BCUT2D eigenvalue weighted by molar-refractivity contribution is 5.95. The topological polar surface area (TPSA) is 61.8 Å². The molecule has 1 saturated heterocycles. The third kappa shape index (κ3) is 4.45. The number of anilines is 1. The average molecular weight is 320 g/mol. The SMILES string of the molecule is COc1ccc(NC(=O)C(C(C)C)N2CCCCC2)cc1CO. The summed E-state index contributed by atoms with van der Waals surface area (Å²) in [4.78, 5) is 15.1. The van der Waals surface area contributed by atoms with Gasteiger partial charge in [-0.15, -0.1) is 0 Å². The normalized spacial score (nSPS) is 17.1. The number of carbonyl (C=O) groups is 1. The zero-order valence-electron chi connectivity index (χ0n) is 14.3. The van der Waals surface area contributed by atoms with Crippen LogP contribution in [0.3, 0.4) is 0 Å². The Morgan fingerprint density at radius 2 is 2.00 bits per heavy atom. The largest absolute Gasteiger partial charge is 0.496 e. The molecule has 0 aromatic heterocycles. The molecule has 0 saturated carbocycles. The molecule has 0 radical (unpaired) electrons. The maximum Gasteiger partial charge on any atom is 0.241 e. The number of carbonyl (C=O) groups excluding carboxylic acids is 1. The van der Waals surface area contributed by atoms with Gasteiger partial charge in [-0.25, -0.2) is 0 Å². The number of hydrogen-bond donors (Lipinski definition) is 2. The molecule has 0 aliphatic carbocycles. The Morgan fingerprint density at radius 1 is 1.30 bits per heavy atom. The molecule has 1 aliphatic rings. The molecule has 1 atom stereocenters. The molecule has 1 unspecified atom stereocenters. The number of aliphatic hydroxyl groups excluding tert-OH is 1. The van der Waals surface area contributed by atoms with E-state index >= 15 is 0 Å². The van der Waals surface area contributed by atoms with Crippen molar-refractivity contribution in [2.45, 2.75) is 45.8 Å². The van der Waals surface area contributed by atoms with E-state index in [0.29, 0.717) is 17.0 Å². The summed E-state index contributed by atoms with van der Waals surface area (Å²) < 4.78 is 5.20. The average Bonchev–Trinajstić information content (AvgIpc) is 2.55. The molecule has 1 amide bonds. The molecule has 0 spiro atoms. The van der Waals surface area contributed by atoms with Crippen molar-refractivity contribution >= 4 is 11.6 Å². The summed E-state index contributed by atoms with van der Waals surface area (Å²) in [6.45, 7) is 6.03. The van der Waals surface area contributed by atoms with E-state index in [2.05, 4.69) is 24.1 Å². The highest BCUT2D eigenvalue weighted by atomic mass is 16.5. The maximum absolute atomic E-state index is 12.8. The number of likely N-dealkylation sites (tertiary alicyclic amines) is 1. The van der Waals surface area contributed by atoms with Crippen molar-refractivity contribution in [3.8, 4) is 5.75 Å². The third-order valence-electron chi connectivity index (χ3n) is 4.40. The van der Waals surface area contributed by atoms with Crippen LogP contribution < -0.4 is 10.1 Å². The summed E-state index contributed by atoms with van der Waals surface area (Å²) in [5.41, 5.74) is 1.37. The van der Waals surface area contributed by atoms with Crippen molar-refractivity contribution < 1.29 is 14.6 Å². The van der Waals surface area contributed by atoms with Gasteiger partial charge in [0.15, 0.2) is 0 Å². The lowest BCUT2D eigenvalue weighted by atomic mass is 9.98. The Bertz CT molecular complexity index is 525. The fourth-order valence-corrected chi connectivity index (χ4v) is 3.28. The first-order valence-electron chi connectivity index (χ1n) is 8.39. The number of ether oxygens (including phenoxy) is 1. The Morgan fingerprint density at radius 3 is 2.57 bits per heavy atom. The van der Waals surface area contributed by atoms with E-state index in [0.717, 1.165) is 25.9 Å². The van der Waals surface area contributed by atoms with Gasteiger partial charge in [0.25, 0.3) is 0 Å². The van der Waals surface area contributed by atoms with Crippen LogP contribution in [0.2, 0.25) is 0 Å². The van der Waals surface area contributed by atoms with E-state index in [1.165, 1.54) is 6.42 Å². The van der Waals surface area contributed by atoms with Crippen LogP contribution in [0, 0.1) is 5.92 Å². The molecule has 1 aromatic carbocycles. The van der Waals surface area contributed by atoms with Crippen LogP contribution >= 0.6 is 0 Å². The van der Waals surface area contributed by atoms with Gasteiger partial charge in [0.05, 0.1) is 19.8 Å². The molecular formula is C18H28N2O3. The molecule has 0 bridgehead atoms. The maximum atomic E-state index is 12.8. The molecule has 1 fully saturated rings. The van der Waals surface area contributed by atoms with Gasteiger partial charge >= 0.3 is 0 Å². The second-order valence-electron chi connectivity index (χ2n) is 6.46. The molecule has 1 heterocycles. The number of benzene rings is 1. The second-order valence-corrected chi connectivity index (χ2v) is 6.46. The Kier molecular flexibility index (Phi) is 6.42. The van der Waals surface area contributed by atoms with Crippen molar-refractivity contribution in [2.24, 2.45) is 5.92 Å². The number of nitrogens with one attached hydrogen (secondary N) is 1. The van der Waals surface area contributed by atoms with E-state index in [9.17, 15) is 9.90 Å². The van der Waals surface area contributed by atoms with E-state index in [4.69, 9.17) is 4.74 Å². The zero-order valence-corrected chi connectivity index (χ0v) is 14.3. The highest BCUT2D eigenvalue weighted by Crippen LogP contribution is 2.24. The highest BCUT2D eigenvalue weighted by Gasteiger charge is 2.29. The lowest BCUT2D eigenvalue weighted by molar-refractivity contribution is -0.123. The summed E-state index contributed by atoms with van der Waals surface area (Å²) >= 11 is 0. The smallest absolute Gasteiger partial charge is 0.241 e. The number of amides is 1. The van der Waals surface area contributed by atoms with Gasteiger partial charge in [-0.3, -0.25) is 9.69 Å². The molecule has 2 rings (SSSR count). The summed E-state index contributed by atoms with van der Waals surface area (Å²) in [7, 11) is 1.57. The third-order valence-corrected chi connectivity index (χ3v) is 4.40. The molecular weight excluding hydrogens is 292 g/mol. The minimum atomic E-state index is -0.118. The van der Waals surface area contributed by atoms with E-state index < -0.39 is 0 Å². The molecule has 128 valence electrons. The van der Waals surface area contributed by atoms with Crippen LogP contribution in [0.25, 0.3) is 0 Å². The van der Waals surface area contributed by atoms with E-state index in [-0.39, 0.29) is 24.5 Å². The van der Waals surface area contributed by atoms with Crippen LogP contribution in [-0.4, -0.2) is 42.2 Å². The van der Waals surface area contributed by atoms with Gasteiger partial charge in [-0.05, 0) is 50.0 Å². The lowest BCUT2D eigenvalue weighted by Crippen LogP contribution is -2.49. The Balaban J connectivity index is 2.11. The lowest BCUT2D eigenvalue weighted by Gasteiger charge is -2.35. The van der Waals surface area contributed by atoms with Crippen LogP contribution in [0.5, 0.6) is 5.75 Å². The van der Waals surface area contributed by atoms with Gasteiger partial charge < -0.3 is 15.2 Å². The van der Waals surface area contributed by atoms with Crippen molar-refractivity contribution in [1.29, 1.82) is 0 Å². The van der Waals surface area contributed by atoms with Gasteiger partial charge in [0, 0.05) is 11.3 Å². The minimum absolute atomic E-state index is 0.0240. The predicted molar refractivity (Wildman–Crippen MR) is 91.6 cm³/mol. The second kappa shape index (κ2) is 8.31. The minimum Gasteiger partial charge on any atom is -0.496 e. The van der Waals surface area contributed by atoms with Crippen molar-refractivity contribution in [2.75, 3.05) is 25.5 Å². The van der Waals surface area contributed by atoms with Crippen LogP contribution in [-0.2, 0) is 11.4 Å². The molecule has 23 heavy (non-hydrogen) atoms. The van der Waals surface area contributed by atoms with Crippen molar-refractivity contribution in [3.05, 3.63) is 23.8 Å². The molecule has 1 aromatic rings. The standard InChI is InChI=1S/C18H28N2O3/c1-13(2)17(20-9-5-4-6-10-20)18(22)19-15-7-8-16(23-3)14(11-15)12-21/h7-8,11,13,17,21H,4-6,9-10,12H2,1-3H3,(H,19,22). The first-order valence-corrected chi connectivity index (χ1v) is 8.39. The molecule has 5 heteroatoms. The van der Waals surface area contributed by atoms with E-state index in [1.807, 2.05) is 6.07 Å². The van der Waals surface area contributed by atoms with Crippen LogP contribution in [0.1, 0.15) is 38.7 Å². The Labute approximate surface area is 138 Å². The fourth-order valence-electron chi connectivity index (χ4n) is 3.28. The summed E-state index contributed by atoms with van der Waals surface area (Å²) in [5, 5.41) is 12.4. The first-order chi connectivity index (χ1) is 11.1. The predicted octanol–water partition coefficient (Wildman–Crippen LogP) is 2.64. The van der Waals surface area contributed by atoms with Gasteiger partial charge in [-0.1, -0.05) is 20.3 Å². The fraction of sp³-hybridized carbons (Fsp3) is 0.611. The van der Waals surface area contributed by atoms with Gasteiger partial charge in [0.2, 0.25) is 5.91 Å². The number of rotatable bonds is 6. The number of methoxy groups -OCH3 is 1. The quantitative estimate of drug-likeness (QED) is 0.846. The molecule has 5 nitrogen and oxygen atoms in total. The first kappa shape index (κ1) is 17.8. The van der Waals surface area contributed by atoms with Gasteiger partial charge in [-0.2, -0.15) is 0 Å². The van der Waals surface area contributed by atoms with Gasteiger partial charge in [0.1, 0.15) is 5.75 Å². The van der Waals surface area contributed by atoms with Crippen molar-refractivity contribution in [3.63, 3.8) is 0 Å². The summed E-state index contributed by atoms with van der Waals surface area (Å²) in [6.07, 6.45) is 3.57. The molecule has 1 aliphatic heterocycles. The molecule has 2 N–H and O–H groups in total. The van der Waals surface area contributed by atoms with E-state index in [1.54, 1.807) is 19.2 Å². The summed E-state index contributed by atoms with van der Waals surface area (Å²) in [6, 6.07) is 5.23.